The van der Waals surface area contributed by atoms with Gasteiger partial charge in [-0.25, -0.2) is 4.98 Å². The number of aromatic nitrogens is 1. The lowest BCUT2D eigenvalue weighted by molar-refractivity contribution is -0.150. The molecule has 23 heavy (non-hydrogen) atoms. The van der Waals surface area contributed by atoms with Crippen molar-refractivity contribution in [2.45, 2.75) is 29.2 Å². The van der Waals surface area contributed by atoms with Crippen molar-refractivity contribution >= 4 is 63.4 Å². The molecule has 0 bridgehead atoms. The molecular formula is C16H14Cl3NO2S. The summed E-state index contributed by atoms with van der Waals surface area (Å²) in [6, 6.07) is 7.84. The zero-order chi connectivity index (χ0) is 16.8. The minimum absolute atomic E-state index is 0.0460. The van der Waals surface area contributed by atoms with Crippen LogP contribution in [0, 0.1) is 5.41 Å². The molecule has 1 saturated carbocycles. The quantitative estimate of drug-likeness (QED) is 0.310. The summed E-state index contributed by atoms with van der Waals surface area (Å²) in [5.74, 6) is -0.420. The van der Waals surface area contributed by atoms with Crippen molar-refractivity contribution in [2.75, 3.05) is 6.26 Å². The van der Waals surface area contributed by atoms with E-state index in [0.29, 0.717) is 17.1 Å². The van der Waals surface area contributed by atoms with Gasteiger partial charge < -0.3 is 4.74 Å². The SMILES string of the molecule is CSc1ccc2cc(COC(=O)[C@]3(C)CC3(Cl)Cl)c(Cl)nc2c1. The van der Waals surface area contributed by atoms with E-state index in [0.717, 1.165) is 15.8 Å². The maximum atomic E-state index is 12.1. The zero-order valence-corrected chi connectivity index (χ0v) is 15.6. The first-order valence-electron chi connectivity index (χ1n) is 6.95. The third kappa shape index (κ3) is 3.14. The third-order valence-electron chi connectivity index (χ3n) is 4.12. The Kier molecular flexibility index (Phi) is 4.47. The summed E-state index contributed by atoms with van der Waals surface area (Å²) < 4.78 is 4.29. The van der Waals surface area contributed by atoms with Crippen molar-refractivity contribution in [3.8, 4) is 0 Å². The summed E-state index contributed by atoms with van der Waals surface area (Å²) in [4.78, 5) is 17.6. The molecule has 0 saturated heterocycles. The number of thioether (sulfide) groups is 1. The van der Waals surface area contributed by atoms with Crippen LogP contribution in [0.15, 0.2) is 29.2 Å². The van der Waals surface area contributed by atoms with Crippen LogP contribution in [0.4, 0.5) is 0 Å². The Morgan fingerprint density at radius 2 is 2.09 bits per heavy atom. The molecule has 1 aliphatic carbocycles. The van der Waals surface area contributed by atoms with E-state index in [9.17, 15) is 4.79 Å². The number of alkyl halides is 2. The van der Waals surface area contributed by atoms with E-state index in [1.807, 2.05) is 30.5 Å². The second-order valence-electron chi connectivity index (χ2n) is 5.79. The number of hydrogen-bond acceptors (Lipinski definition) is 4. The van der Waals surface area contributed by atoms with E-state index in [1.54, 1.807) is 18.7 Å². The lowest BCUT2D eigenvalue weighted by atomic mass is 10.1. The second-order valence-corrected chi connectivity index (χ2v) is 8.51. The molecule has 0 aliphatic heterocycles. The van der Waals surface area contributed by atoms with Crippen LogP contribution >= 0.6 is 46.6 Å². The van der Waals surface area contributed by atoms with Gasteiger partial charge >= 0.3 is 5.97 Å². The molecule has 3 rings (SSSR count). The van der Waals surface area contributed by atoms with Crippen molar-refractivity contribution < 1.29 is 9.53 Å². The first kappa shape index (κ1) is 17.2. The fourth-order valence-electron chi connectivity index (χ4n) is 2.32. The Morgan fingerprint density at radius 1 is 1.39 bits per heavy atom. The maximum Gasteiger partial charge on any atom is 0.315 e. The number of ether oxygens (including phenoxy) is 1. The van der Waals surface area contributed by atoms with E-state index in [1.165, 1.54) is 0 Å². The Hall–Kier alpha value is -0.680. The van der Waals surface area contributed by atoms with Crippen molar-refractivity contribution in [2.24, 2.45) is 5.41 Å². The number of pyridine rings is 1. The van der Waals surface area contributed by atoms with Crippen LogP contribution in [-0.4, -0.2) is 21.5 Å². The van der Waals surface area contributed by atoms with Gasteiger partial charge in [0.05, 0.1) is 5.52 Å². The Balaban J connectivity index is 1.78. The third-order valence-corrected chi connectivity index (χ3v) is 6.27. The molecule has 0 radical (unpaired) electrons. The van der Waals surface area contributed by atoms with Gasteiger partial charge in [0, 0.05) is 22.3 Å². The topological polar surface area (TPSA) is 39.2 Å². The highest BCUT2D eigenvalue weighted by Crippen LogP contribution is 2.64. The molecule has 122 valence electrons. The van der Waals surface area contributed by atoms with E-state index in [-0.39, 0.29) is 6.61 Å². The van der Waals surface area contributed by atoms with Crippen LogP contribution in [-0.2, 0) is 16.1 Å². The Bertz CT molecular complexity index is 796. The first-order chi connectivity index (χ1) is 10.8. The molecule has 7 heteroatoms. The molecule has 0 amide bonds. The molecule has 0 spiro atoms. The van der Waals surface area contributed by atoms with E-state index in [4.69, 9.17) is 39.5 Å². The number of carbonyl (C=O) groups is 1. The van der Waals surface area contributed by atoms with Gasteiger partial charge in [0.15, 0.2) is 0 Å². The van der Waals surface area contributed by atoms with Crippen LogP contribution in [0.2, 0.25) is 5.15 Å². The number of halogens is 3. The number of benzene rings is 1. The second kappa shape index (κ2) is 5.99. The highest BCUT2D eigenvalue weighted by atomic mass is 35.5. The van der Waals surface area contributed by atoms with Crippen molar-refractivity contribution in [3.05, 3.63) is 35.0 Å². The minimum Gasteiger partial charge on any atom is -0.460 e. The Labute approximate surface area is 153 Å². The maximum absolute atomic E-state index is 12.1. The van der Waals surface area contributed by atoms with Crippen LogP contribution in [0.3, 0.4) is 0 Å². The number of nitrogens with zero attached hydrogens (tertiary/aromatic N) is 1. The normalized spacial score (nSPS) is 22.1. The van der Waals surface area contributed by atoms with Crippen molar-refractivity contribution in [3.63, 3.8) is 0 Å². The monoisotopic (exact) mass is 389 g/mol. The molecule has 0 unspecified atom stereocenters. The van der Waals surface area contributed by atoms with Gasteiger partial charge in [-0.1, -0.05) is 17.7 Å². The largest absolute Gasteiger partial charge is 0.460 e. The smallest absolute Gasteiger partial charge is 0.315 e. The molecule has 1 aromatic carbocycles. The van der Waals surface area contributed by atoms with Crippen LogP contribution in [0.25, 0.3) is 10.9 Å². The standard InChI is InChI=1S/C16H14Cl3NO2S/c1-15(8-16(15,18)19)14(21)22-7-10-5-9-3-4-11(23-2)6-12(9)20-13(10)17/h3-6H,7-8H2,1-2H3/t15-/m0/s1. The van der Waals surface area contributed by atoms with Gasteiger partial charge in [0.1, 0.15) is 21.5 Å². The average molecular weight is 391 g/mol. The summed E-state index contributed by atoms with van der Waals surface area (Å²) in [5.41, 5.74) is 0.621. The van der Waals surface area contributed by atoms with E-state index >= 15 is 0 Å². The summed E-state index contributed by atoms with van der Waals surface area (Å²) in [5, 5.41) is 1.27. The van der Waals surface area contributed by atoms with Gasteiger partial charge in [-0.3, -0.25) is 4.79 Å². The fourth-order valence-corrected chi connectivity index (χ4v) is 3.64. The lowest BCUT2D eigenvalue weighted by Crippen LogP contribution is -2.21. The molecule has 1 heterocycles. The Morgan fingerprint density at radius 3 is 2.70 bits per heavy atom. The zero-order valence-electron chi connectivity index (χ0n) is 12.5. The summed E-state index contributed by atoms with van der Waals surface area (Å²) in [7, 11) is 0. The van der Waals surface area contributed by atoms with Crippen molar-refractivity contribution in [1.29, 1.82) is 0 Å². The van der Waals surface area contributed by atoms with Gasteiger partial charge in [0.25, 0.3) is 0 Å². The van der Waals surface area contributed by atoms with Crippen LogP contribution < -0.4 is 0 Å². The molecule has 1 fully saturated rings. The predicted octanol–water partition coefficient (Wildman–Crippen LogP) is 5.24. The fraction of sp³-hybridized carbons (Fsp3) is 0.375. The van der Waals surface area contributed by atoms with E-state index < -0.39 is 15.7 Å². The molecule has 3 nitrogen and oxygen atoms in total. The minimum atomic E-state index is -1.04. The summed E-state index contributed by atoms with van der Waals surface area (Å²) in [6.07, 6.45) is 2.39. The van der Waals surface area contributed by atoms with Gasteiger partial charge in [-0.15, -0.1) is 35.0 Å². The molecular weight excluding hydrogens is 377 g/mol. The highest BCUT2D eigenvalue weighted by molar-refractivity contribution is 7.98. The number of hydrogen-bond donors (Lipinski definition) is 0. The molecule has 2 aromatic rings. The van der Waals surface area contributed by atoms with Crippen LogP contribution in [0.5, 0.6) is 0 Å². The van der Waals surface area contributed by atoms with Gasteiger partial charge in [-0.05, 0) is 31.4 Å². The molecule has 1 aromatic heterocycles. The molecule has 1 atom stereocenters. The number of esters is 1. The van der Waals surface area contributed by atoms with Gasteiger partial charge in [0.2, 0.25) is 0 Å². The number of rotatable bonds is 4. The molecule has 1 aliphatic rings. The summed E-state index contributed by atoms with van der Waals surface area (Å²) >= 11 is 19.8. The predicted molar refractivity (Wildman–Crippen MR) is 95.5 cm³/mol. The average Bonchev–Trinajstić information content (AvgIpc) is 3.04. The highest BCUT2D eigenvalue weighted by Gasteiger charge is 2.69. The van der Waals surface area contributed by atoms with Crippen molar-refractivity contribution in [1.82, 2.24) is 4.98 Å². The summed E-state index contributed by atoms with van der Waals surface area (Å²) in [6.45, 7) is 1.74. The van der Waals surface area contributed by atoms with E-state index in [2.05, 4.69) is 4.98 Å². The first-order valence-corrected chi connectivity index (χ1v) is 9.31. The number of carbonyl (C=O) groups excluding carboxylic acids is 1. The number of fused-ring (bicyclic) bond motifs is 1. The molecule has 0 N–H and O–H groups in total. The lowest BCUT2D eigenvalue weighted by Gasteiger charge is -2.13. The van der Waals surface area contributed by atoms with Crippen LogP contribution in [0.1, 0.15) is 18.9 Å². The van der Waals surface area contributed by atoms with Gasteiger partial charge in [-0.2, -0.15) is 0 Å².